The monoisotopic (exact) mass is 469 g/mol. The lowest BCUT2D eigenvalue weighted by Crippen LogP contribution is -2.27. The lowest BCUT2D eigenvalue weighted by Gasteiger charge is -2.23. The van der Waals surface area contributed by atoms with E-state index in [0.717, 1.165) is 17.4 Å². The number of aryl methyl sites for hydroxylation is 1. The van der Waals surface area contributed by atoms with Crippen LogP contribution in [0.25, 0.3) is 0 Å². The number of hydrogen-bond acceptors (Lipinski definition) is 5. The number of rotatable bonds is 6. The number of nitrogens with zero attached hydrogens (tertiary/aromatic N) is 2. The van der Waals surface area contributed by atoms with Gasteiger partial charge in [-0.05, 0) is 42.3 Å². The quantitative estimate of drug-likeness (QED) is 0.592. The number of sulfonamides is 2. The number of nitrogens with one attached hydrogen (secondary N) is 1. The van der Waals surface area contributed by atoms with Crippen LogP contribution in [-0.2, 0) is 20.0 Å². The van der Waals surface area contributed by atoms with Crippen LogP contribution in [0.2, 0.25) is 0 Å². The molecular formula is C23H23N3O4S2. The minimum atomic E-state index is -3.89. The Kier molecular flexibility index (Phi) is 5.79. The summed E-state index contributed by atoms with van der Waals surface area (Å²) in [6.07, 6.45) is 1.44. The fourth-order valence-corrected chi connectivity index (χ4v) is 5.70. The number of hydrogen-bond donors (Lipinski definition) is 1. The van der Waals surface area contributed by atoms with E-state index in [1.54, 1.807) is 54.6 Å². The smallest absolute Gasteiger partial charge is 0.279 e. The third-order valence-corrected chi connectivity index (χ3v) is 7.39. The van der Waals surface area contributed by atoms with E-state index in [1.807, 2.05) is 31.2 Å². The van der Waals surface area contributed by atoms with Crippen molar-refractivity contribution in [2.45, 2.75) is 24.3 Å². The van der Waals surface area contributed by atoms with Crippen molar-refractivity contribution in [2.75, 3.05) is 11.0 Å². The van der Waals surface area contributed by atoms with Gasteiger partial charge in [0.1, 0.15) is 0 Å². The molecule has 4 rings (SSSR count). The van der Waals surface area contributed by atoms with E-state index >= 15 is 0 Å². The van der Waals surface area contributed by atoms with E-state index in [2.05, 4.69) is 9.82 Å². The minimum Gasteiger partial charge on any atom is -0.284 e. The molecule has 1 atom stereocenters. The number of benzene rings is 3. The van der Waals surface area contributed by atoms with Gasteiger partial charge in [0.2, 0.25) is 10.0 Å². The van der Waals surface area contributed by atoms with Crippen LogP contribution in [0.5, 0.6) is 0 Å². The maximum atomic E-state index is 13.5. The Bertz CT molecular complexity index is 1390. The molecule has 3 aromatic carbocycles. The molecule has 0 amide bonds. The highest BCUT2D eigenvalue weighted by molar-refractivity contribution is 7.92. The lowest BCUT2D eigenvalue weighted by atomic mass is 9.98. The topological polar surface area (TPSA) is 95.9 Å². The molecule has 0 saturated carbocycles. The second-order valence-corrected chi connectivity index (χ2v) is 11.3. The van der Waals surface area contributed by atoms with Crippen molar-refractivity contribution in [3.05, 3.63) is 95.6 Å². The first-order chi connectivity index (χ1) is 15.1. The lowest BCUT2D eigenvalue weighted by molar-refractivity contribution is 0.371. The molecule has 0 aliphatic carbocycles. The largest absolute Gasteiger partial charge is 0.284 e. The highest BCUT2D eigenvalue weighted by Crippen LogP contribution is 2.37. The summed E-state index contributed by atoms with van der Waals surface area (Å²) in [6.45, 7) is 1.95. The highest BCUT2D eigenvalue weighted by Gasteiger charge is 2.37. The van der Waals surface area contributed by atoms with Crippen LogP contribution in [0.1, 0.15) is 29.2 Å². The van der Waals surface area contributed by atoms with E-state index in [4.69, 9.17) is 0 Å². The molecule has 1 N–H and O–H groups in total. The van der Waals surface area contributed by atoms with Crippen LogP contribution in [0.3, 0.4) is 0 Å². The molecule has 166 valence electrons. The van der Waals surface area contributed by atoms with Gasteiger partial charge in [-0.25, -0.2) is 8.42 Å². The minimum absolute atomic E-state index is 0.162. The predicted molar refractivity (Wildman–Crippen MR) is 125 cm³/mol. The van der Waals surface area contributed by atoms with Crippen molar-refractivity contribution in [3.63, 3.8) is 0 Å². The molecule has 0 aromatic heterocycles. The Hall–Kier alpha value is -3.17. The van der Waals surface area contributed by atoms with Gasteiger partial charge >= 0.3 is 0 Å². The Balaban J connectivity index is 1.79. The molecular weight excluding hydrogens is 446 g/mol. The molecule has 0 bridgehead atoms. The Morgan fingerprint density at radius 2 is 1.62 bits per heavy atom. The molecule has 0 saturated heterocycles. The second-order valence-electron chi connectivity index (χ2n) is 7.73. The van der Waals surface area contributed by atoms with Gasteiger partial charge < -0.3 is 0 Å². The van der Waals surface area contributed by atoms with Gasteiger partial charge in [-0.3, -0.25) is 4.72 Å². The first kappa shape index (κ1) is 22.0. The van der Waals surface area contributed by atoms with Crippen molar-refractivity contribution < 1.29 is 16.8 Å². The van der Waals surface area contributed by atoms with Crippen LogP contribution in [-0.4, -0.2) is 33.2 Å². The van der Waals surface area contributed by atoms with Crippen molar-refractivity contribution in [1.29, 1.82) is 0 Å². The third kappa shape index (κ3) is 4.68. The van der Waals surface area contributed by atoms with Crippen LogP contribution in [0, 0.1) is 6.92 Å². The highest BCUT2D eigenvalue weighted by atomic mass is 32.2. The molecule has 0 fully saturated rings. The van der Waals surface area contributed by atoms with Gasteiger partial charge in [-0.1, -0.05) is 60.2 Å². The van der Waals surface area contributed by atoms with E-state index in [1.165, 1.54) is 4.41 Å². The third-order valence-electron chi connectivity index (χ3n) is 5.09. The van der Waals surface area contributed by atoms with Crippen LogP contribution >= 0.6 is 0 Å². The summed E-state index contributed by atoms with van der Waals surface area (Å²) in [4.78, 5) is 0.162. The Labute approximate surface area is 188 Å². The van der Waals surface area contributed by atoms with Crippen molar-refractivity contribution in [3.8, 4) is 0 Å². The molecule has 0 radical (unpaired) electrons. The molecule has 3 aromatic rings. The van der Waals surface area contributed by atoms with E-state index in [9.17, 15) is 16.8 Å². The molecule has 7 nitrogen and oxygen atoms in total. The van der Waals surface area contributed by atoms with Crippen LogP contribution in [0.15, 0.2) is 88.9 Å². The van der Waals surface area contributed by atoms with Crippen molar-refractivity contribution in [2.24, 2.45) is 5.10 Å². The van der Waals surface area contributed by atoms with E-state index in [0.29, 0.717) is 23.4 Å². The first-order valence-corrected chi connectivity index (χ1v) is 13.3. The normalized spacial score (nSPS) is 16.6. The summed E-state index contributed by atoms with van der Waals surface area (Å²) in [5.74, 6) is 0. The SMILES string of the molecule is Cc1cccc([C@H]2CC(c3cccc(NS(C)(=O)=O)c3)=NN2S(=O)(=O)c2ccccc2)c1. The van der Waals surface area contributed by atoms with Gasteiger partial charge in [0, 0.05) is 12.1 Å². The Morgan fingerprint density at radius 1 is 0.906 bits per heavy atom. The van der Waals surface area contributed by atoms with E-state index in [-0.39, 0.29) is 4.90 Å². The van der Waals surface area contributed by atoms with Gasteiger partial charge in [0.05, 0.1) is 22.9 Å². The molecule has 32 heavy (non-hydrogen) atoms. The first-order valence-electron chi connectivity index (χ1n) is 9.95. The van der Waals surface area contributed by atoms with Gasteiger partial charge in [0.15, 0.2) is 0 Å². The fourth-order valence-electron chi connectivity index (χ4n) is 3.69. The van der Waals surface area contributed by atoms with Crippen LogP contribution in [0.4, 0.5) is 5.69 Å². The fraction of sp³-hybridized carbons (Fsp3) is 0.174. The summed E-state index contributed by atoms with van der Waals surface area (Å²) in [5, 5.41) is 4.52. The number of anilines is 1. The molecule has 0 spiro atoms. The Morgan fingerprint density at radius 3 is 2.31 bits per heavy atom. The standard InChI is InChI=1S/C23H23N3O4S2/c1-17-8-6-10-19(14-17)23-16-22(18-9-7-11-20(15-18)25-31(2,27)28)24-26(23)32(29,30)21-12-4-3-5-13-21/h3-15,23,25H,16H2,1-2H3/t23-/m1/s1. The zero-order valence-corrected chi connectivity index (χ0v) is 19.3. The summed E-state index contributed by atoms with van der Waals surface area (Å²) >= 11 is 0. The molecule has 1 aliphatic heterocycles. The van der Waals surface area contributed by atoms with Gasteiger partial charge in [-0.15, -0.1) is 0 Å². The molecule has 0 unspecified atom stereocenters. The summed E-state index contributed by atoms with van der Waals surface area (Å²) in [5.41, 5.74) is 3.47. The predicted octanol–water partition coefficient (Wildman–Crippen LogP) is 3.91. The zero-order valence-electron chi connectivity index (χ0n) is 17.6. The summed E-state index contributed by atoms with van der Waals surface area (Å²) in [7, 11) is -7.34. The zero-order chi connectivity index (χ0) is 22.9. The van der Waals surface area contributed by atoms with Gasteiger partial charge in [0.25, 0.3) is 10.0 Å². The van der Waals surface area contributed by atoms with Crippen molar-refractivity contribution >= 4 is 31.4 Å². The average molecular weight is 470 g/mol. The van der Waals surface area contributed by atoms with Crippen LogP contribution < -0.4 is 4.72 Å². The summed E-state index contributed by atoms with van der Waals surface area (Å²) in [6, 6.07) is 22.2. The van der Waals surface area contributed by atoms with Crippen molar-refractivity contribution in [1.82, 2.24) is 4.41 Å². The number of hydrazone groups is 1. The molecule has 9 heteroatoms. The van der Waals surface area contributed by atoms with Gasteiger partial charge in [-0.2, -0.15) is 17.9 Å². The maximum absolute atomic E-state index is 13.5. The van der Waals surface area contributed by atoms with E-state index < -0.39 is 26.1 Å². The second kappa shape index (κ2) is 8.40. The maximum Gasteiger partial charge on any atom is 0.279 e. The summed E-state index contributed by atoms with van der Waals surface area (Å²) < 4.78 is 53.8. The molecule has 1 aliphatic rings. The average Bonchev–Trinajstić information content (AvgIpc) is 3.20. The molecule has 1 heterocycles.